The largest absolute Gasteiger partial charge is 0.387 e. The number of hydrogen-bond acceptors (Lipinski definition) is 2. The molecule has 2 aromatic carbocycles. The van der Waals surface area contributed by atoms with E-state index in [1.165, 1.54) is 17.2 Å². The second kappa shape index (κ2) is 6.17. The first-order valence-corrected chi connectivity index (χ1v) is 8.01. The Morgan fingerprint density at radius 2 is 1.71 bits per heavy atom. The molecular weight excluding hydrogens is 258 g/mol. The minimum atomic E-state index is -0.396. The lowest BCUT2D eigenvalue weighted by Gasteiger charge is -2.36. The monoisotopic (exact) mass is 283 g/mol. The molecule has 3 rings (SSSR count). The van der Waals surface area contributed by atoms with Crippen molar-refractivity contribution >= 4 is 10.8 Å². The van der Waals surface area contributed by atoms with Gasteiger partial charge in [0.1, 0.15) is 0 Å². The maximum atomic E-state index is 10.6. The summed E-state index contributed by atoms with van der Waals surface area (Å²) in [7, 11) is 0. The molecule has 3 atom stereocenters. The maximum absolute atomic E-state index is 10.6. The Morgan fingerprint density at radius 1 is 1.05 bits per heavy atom. The Labute approximate surface area is 127 Å². The van der Waals surface area contributed by atoms with Crippen LogP contribution in [0.25, 0.3) is 10.8 Å². The number of rotatable bonds is 3. The molecule has 2 aromatic rings. The molecule has 0 aliphatic carbocycles. The van der Waals surface area contributed by atoms with E-state index >= 15 is 0 Å². The fourth-order valence-corrected chi connectivity index (χ4v) is 3.71. The molecule has 3 unspecified atom stereocenters. The van der Waals surface area contributed by atoms with Gasteiger partial charge < -0.3 is 5.11 Å². The van der Waals surface area contributed by atoms with Gasteiger partial charge in [-0.2, -0.15) is 0 Å². The van der Waals surface area contributed by atoms with Crippen molar-refractivity contribution in [2.24, 2.45) is 11.8 Å². The van der Waals surface area contributed by atoms with Crippen molar-refractivity contribution in [3.8, 4) is 0 Å². The normalized spacial score (nSPS) is 25.1. The second-order valence-electron chi connectivity index (χ2n) is 6.79. The smallest absolute Gasteiger partial charge is 0.0917 e. The van der Waals surface area contributed by atoms with Crippen molar-refractivity contribution in [1.82, 2.24) is 4.90 Å². The summed E-state index contributed by atoms with van der Waals surface area (Å²) in [4.78, 5) is 2.42. The summed E-state index contributed by atoms with van der Waals surface area (Å²) in [5.74, 6) is 1.47. The van der Waals surface area contributed by atoms with Gasteiger partial charge in [0.05, 0.1) is 6.10 Å². The molecule has 112 valence electrons. The van der Waals surface area contributed by atoms with Crippen LogP contribution >= 0.6 is 0 Å². The molecule has 2 heteroatoms. The first kappa shape index (κ1) is 14.6. The molecule has 1 saturated heterocycles. The molecule has 0 amide bonds. The number of aliphatic hydroxyl groups is 1. The minimum Gasteiger partial charge on any atom is -0.387 e. The van der Waals surface area contributed by atoms with Gasteiger partial charge in [0, 0.05) is 19.6 Å². The van der Waals surface area contributed by atoms with Gasteiger partial charge in [-0.15, -0.1) is 0 Å². The highest BCUT2D eigenvalue weighted by molar-refractivity contribution is 5.83. The molecule has 1 aliphatic heterocycles. The lowest BCUT2D eigenvalue weighted by Crippen LogP contribution is -2.40. The van der Waals surface area contributed by atoms with Crippen LogP contribution in [-0.2, 0) is 0 Å². The van der Waals surface area contributed by atoms with Gasteiger partial charge >= 0.3 is 0 Å². The van der Waals surface area contributed by atoms with Crippen LogP contribution in [0.15, 0.2) is 42.5 Å². The zero-order valence-corrected chi connectivity index (χ0v) is 13.0. The van der Waals surface area contributed by atoms with E-state index in [4.69, 9.17) is 0 Å². The highest BCUT2D eigenvalue weighted by atomic mass is 16.3. The summed E-state index contributed by atoms with van der Waals surface area (Å²) in [6.45, 7) is 7.58. The fourth-order valence-electron chi connectivity index (χ4n) is 3.71. The summed E-state index contributed by atoms with van der Waals surface area (Å²) < 4.78 is 0. The quantitative estimate of drug-likeness (QED) is 0.925. The third kappa shape index (κ3) is 3.45. The number of likely N-dealkylation sites (tertiary alicyclic amines) is 1. The minimum absolute atomic E-state index is 0.396. The third-order valence-electron chi connectivity index (χ3n) is 4.53. The molecule has 0 bridgehead atoms. The van der Waals surface area contributed by atoms with Gasteiger partial charge in [0.25, 0.3) is 0 Å². The maximum Gasteiger partial charge on any atom is 0.0917 e. The lowest BCUT2D eigenvalue weighted by molar-refractivity contribution is 0.0700. The van der Waals surface area contributed by atoms with Crippen LogP contribution in [0.2, 0.25) is 0 Å². The Hall–Kier alpha value is -1.38. The van der Waals surface area contributed by atoms with Crippen LogP contribution in [0.1, 0.15) is 31.9 Å². The fraction of sp³-hybridized carbons (Fsp3) is 0.474. The van der Waals surface area contributed by atoms with Gasteiger partial charge in [0.2, 0.25) is 0 Å². The Balaban J connectivity index is 1.72. The van der Waals surface area contributed by atoms with Crippen molar-refractivity contribution in [2.45, 2.75) is 26.4 Å². The molecule has 0 saturated carbocycles. The molecule has 1 aliphatic rings. The Kier molecular flexibility index (Phi) is 4.27. The van der Waals surface area contributed by atoms with Crippen molar-refractivity contribution in [3.05, 3.63) is 48.0 Å². The summed E-state index contributed by atoms with van der Waals surface area (Å²) in [6.07, 6.45) is 0.912. The predicted molar refractivity (Wildman–Crippen MR) is 88.3 cm³/mol. The first-order valence-electron chi connectivity index (χ1n) is 8.01. The number of fused-ring (bicyclic) bond motifs is 1. The number of nitrogens with zero attached hydrogens (tertiary/aromatic N) is 1. The zero-order valence-electron chi connectivity index (χ0n) is 13.0. The van der Waals surface area contributed by atoms with Crippen LogP contribution < -0.4 is 0 Å². The van der Waals surface area contributed by atoms with E-state index in [9.17, 15) is 5.11 Å². The van der Waals surface area contributed by atoms with Crippen molar-refractivity contribution in [2.75, 3.05) is 19.6 Å². The molecule has 2 nitrogen and oxygen atoms in total. The molecule has 0 radical (unpaired) electrons. The van der Waals surface area contributed by atoms with Gasteiger partial charge in [-0.25, -0.2) is 0 Å². The summed E-state index contributed by atoms with van der Waals surface area (Å²) in [5, 5.41) is 13.0. The van der Waals surface area contributed by atoms with Crippen molar-refractivity contribution in [3.63, 3.8) is 0 Å². The zero-order chi connectivity index (χ0) is 14.8. The van der Waals surface area contributed by atoms with Crippen LogP contribution in [0.5, 0.6) is 0 Å². The second-order valence-corrected chi connectivity index (χ2v) is 6.79. The lowest BCUT2D eigenvalue weighted by atomic mass is 9.91. The number of piperidine rings is 1. The van der Waals surface area contributed by atoms with E-state index in [1.54, 1.807) is 0 Å². The topological polar surface area (TPSA) is 23.5 Å². The molecule has 21 heavy (non-hydrogen) atoms. The van der Waals surface area contributed by atoms with Gasteiger partial charge in [-0.3, -0.25) is 4.90 Å². The Bertz CT molecular complexity index is 599. The predicted octanol–water partition coefficient (Wildman–Crippen LogP) is 3.85. The average molecular weight is 283 g/mol. The number of aliphatic hydroxyl groups excluding tert-OH is 1. The van der Waals surface area contributed by atoms with Crippen LogP contribution in [0.4, 0.5) is 0 Å². The standard InChI is InChI=1S/C19H25NO/c1-14-9-15(2)12-20(11-14)13-19(21)18-8-7-16-5-3-4-6-17(16)10-18/h3-8,10,14-15,19,21H,9,11-13H2,1-2H3. The average Bonchev–Trinajstić information content (AvgIpc) is 2.45. The molecule has 1 N–H and O–H groups in total. The summed E-state index contributed by atoms with van der Waals surface area (Å²) in [5.41, 5.74) is 1.03. The summed E-state index contributed by atoms with van der Waals surface area (Å²) in [6, 6.07) is 14.6. The van der Waals surface area contributed by atoms with Gasteiger partial charge in [-0.05, 0) is 40.7 Å². The van der Waals surface area contributed by atoms with E-state index in [0.29, 0.717) is 0 Å². The van der Waals surface area contributed by atoms with Crippen LogP contribution in [0.3, 0.4) is 0 Å². The van der Waals surface area contributed by atoms with E-state index in [0.717, 1.165) is 37.0 Å². The summed E-state index contributed by atoms with van der Waals surface area (Å²) >= 11 is 0. The van der Waals surface area contributed by atoms with E-state index < -0.39 is 6.10 Å². The van der Waals surface area contributed by atoms with Gasteiger partial charge in [0.15, 0.2) is 0 Å². The van der Waals surface area contributed by atoms with Crippen LogP contribution in [-0.4, -0.2) is 29.6 Å². The SMILES string of the molecule is CC1CC(C)CN(CC(O)c2ccc3ccccc3c2)C1. The molecule has 1 fully saturated rings. The van der Waals surface area contributed by atoms with Crippen molar-refractivity contribution in [1.29, 1.82) is 0 Å². The van der Waals surface area contributed by atoms with E-state index in [1.807, 2.05) is 6.07 Å². The molecule has 0 aromatic heterocycles. The number of β-amino-alcohol motifs (C(OH)–C–C–N with tert-alkyl or cyclic N) is 1. The molecule has 1 heterocycles. The molecule has 0 spiro atoms. The highest BCUT2D eigenvalue weighted by Crippen LogP contribution is 2.25. The number of hydrogen-bond donors (Lipinski definition) is 1. The van der Waals surface area contributed by atoms with Gasteiger partial charge in [-0.1, -0.05) is 50.2 Å². The Morgan fingerprint density at radius 3 is 2.43 bits per heavy atom. The van der Waals surface area contributed by atoms with E-state index in [2.05, 4.69) is 55.1 Å². The third-order valence-corrected chi connectivity index (χ3v) is 4.53. The highest BCUT2D eigenvalue weighted by Gasteiger charge is 2.23. The van der Waals surface area contributed by atoms with Crippen molar-refractivity contribution < 1.29 is 5.11 Å². The number of benzene rings is 2. The molecular formula is C19H25NO. The van der Waals surface area contributed by atoms with Crippen LogP contribution in [0, 0.1) is 11.8 Å². The first-order chi connectivity index (χ1) is 10.1. The van der Waals surface area contributed by atoms with E-state index in [-0.39, 0.29) is 0 Å².